The lowest BCUT2D eigenvalue weighted by molar-refractivity contribution is 0.102. The maximum absolute atomic E-state index is 12.6. The summed E-state index contributed by atoms with van der Waals surface area (Å²) in [6.07, 6.45) is 3.20. The largest absolute Gasteiger partial charge is 0.354 e. The number of nitrogens with one attached hydrogen (secondary N) is 1. The van der Waals surface area contributed by atoms with Gasteiger partial charge in [0.25, 0.3) is 5.91 Å². The number of pyridine rings is 1. The van der Waals surface area contributed by atoms with Crippen LogP contribution in [0.15, 0.2) is 48.9 Å². The van der Waals surface area contributed by atoms with Crippen LogP contribution >= 0.6 is 0 Å². The zero-order valence-corrected chi connectivity index (χ0v) is 14.6. The summed E-state index contributed by atoms with van der Waals surface area (Å²) in [5, 5.41) is 3.88. The van der Waals surface area contributed by atoms with Gasteiger partial charge in [-0.2, -0.15) is 0 Å². The Bertz CT molecular complexity index is 936. The predicted octanol–water partition coefficient (Wildman–Crippen LogP) is 2.03. The monoisotopic (exact) mass is 348 g/mol. The number of amides is 1. The molecule has 1 aromatic carbocycles. The molecule has 0 unspecified atom stereocenters. The Morgan fingerprint density at radius 3 is 2.73 bits per heavy atom. The minimum absolute atomic E-state index is 0.244. The van der Waals surface area contributed by atoms with Gasteiger partial charge in [0.15, 0.2) is 0 Å². The second-order valence-corrected chi connectivity index (χ2v) is 6.42. The van der Waals surface area contributed by atoms with E-state index in [1.807, 2.05) is 30.3 Å². The van der Waals surface area contributed by atoms with E-state index in [1.165, 1.54) is 6.33 Å². The number of hydrogen-bond donors (Lipinski definition) is 1. The Hall–Kier alpha value is -3.06. The summed E-state index contributed by atoms with van der Waals surface area (Å²) in [6.45, 7) is 3.76. The SMILES string of the molecule is CN1CCN(c2cc(C(=O)Nc3ccc4ncccc4c3)ncn2)CC1. The van der Waals surface area contributed by atoms with Gasteiger partial charge in [-0.15, -0.1) is 0 Å². The molecule has 1 aliphatic heterocycles. The zero-order valence-electron chi connectivity index (χ0n) is 14.6. The van der Waals surface area contributed by atoms with Gasteiger partial charge in [-0.1, -0.05) is 6.07 Å². The number of benzene rings is 1. The van der Waals surface area contributed by atoms with Crippen LogP contribution in [0.5, 0.6) is 0 Å². The average molecular weight is 348 g/mol. The van der Waals surface area contributed by atoms with Crippen molar-refractivity contribution < 1.29 is 4.79 Å². The van der Waals surface area contributed by atoms with Crippen LogP contribution in [0.3, 0.4) is 0 Å². The highest BCUT2D eigenvalue weighted by atomic mass is 16.1. The Morgan fingerprint density at radius 2 is 1.88 bits per heavy atom. The summed E-state index contributed by atoms with van der Waals surface area (Å²) in [7, 11) is 2.11. The summed E-state index contributed by atoms with van der Waals surface area (Å²) >= 11 is 0. The minimum Gasteiger partial charge on any atom is -0.354 e. The number of fused-ring (bicyclic) bond motifs is 1. The number of carbonyl (C=O) groups is 1. The van der Waals surface area contributed by atoms with E-state index in [0.29, 0.717) is 5.69 Å². The van der Waals surface area contributed by atoms with Gasteiger partial charge in [0.05, 0.1) is 5.52 Å². The van der Waals surface area contributed by atoms with Crippen LogP contribution in [0.25, 0.3) is 10.9 Å². The van der Waals surface area contributed by atoms with Crippen LogP contribution in [0.4, 0.5) is 11.5 Å². The Morgan fingerprint density at radius 1 is 1.04 bits per heavy atom. The van der Waals surface area contributed by atoms with E-state index < -0.39 is 0 Å². The van der Waals surface area contributed by atoms with Crippen molar-refractivity contribution in [2.45, 2.75) is 0 Å². The van der Waals surface area contributed by atoms with Crippen molar-refractivity contribution in [3.05, 3.63) is 54.6 Å². The van der Waals surface area contributed by atoms with Gasteiger partial charge in [0, 0.05) is 49.5 Å². The van der Waals surface area contributed by atoms with Crippen molar-refractivity contribution in [3.8, 4) is 0 Å². The normalized spacial score (nSPS) is 15.2. The first-order valence-corrected chi connectivity index (χ1v) is 8.61. The summed E-state index contributed by atoms with van der Waals surface area (Å²) in [4.78, 5) is 29.8. The van der Waals surface area contributed by atoms with Crippen molar-refractivity contribution >= 4 is 28.3 Å². The fraction of sp³-hybridized carbons (Fsp3) is 0.263. The van der Waals surface area contributed by atoms with E-state index in [4.69, 9.17) is 0 Å². The molecule has 1 N–H and O–H groups in total. The number of likely N-dealkylation sites (N-methyl/N-ethyl adjacent to an activating group) is 1. The minimum atomic E-state index is -0.244. The molecule has 0 saturated carbocycles. The first-order valence-electron chi connectivity index (χ1n) is 8.61. The summed E-state index contributed by atoms with van der Waals surface area (Å²) in [5.41, 5.74) is 1.97. The fourth-order valence-electron chi connectivity index (χ4n) is 3.03. The second kappa shape index (κ2) is 7.05. The molecule has 0 radical (unpaired) electrons. The molecule has 0 spiro atoms. The van der Waals surface area contributed by atoms with Gasteiger partial charge < -0.3 is 15.1 Å². The molecule has 3 aromatic rings. The molecule has 1 aliphatic rings. The van der Waals surface area contributed by atoms with Crippen molar-refractivity contribution in [2.24, 2.45) is 0 Å². The van der Waals surface area contributed by atoms with Gasteiger partial charge >= 0.3 is 0 Å². The lowest BCUT2D eigenvalue weighted by Crippen LogP contribution is -2.44. The molecule has 0 atom stereocenters. The number of piperazine rings is 1. The first-order chi connectivity index (χ1) is 12.7. The van der Waals surface area contributed by atoms with E-state index in [-0.39, 0.29) is 5.91 Å². The van der Waals surface area contributed by atoms with Gasteiger partial charge in [0.1, 0.15) is 17.8 Å². The molecule has 1 amide bonds. The highest BCUT2D eigenvalue weighted by molar-refractivity contribution is 6.04. The molecule has 1 saturated heterocycles. The summed E-state index contributed by atoms with van der Waals surface area (Å²) in [6, 6.07) is 11.2. The first kappa shape index (κ1) is 16.4. The van der Waals surface area contributed by atoms with E-state index >= 15 is 0 Å². The molecule has 26 heavy (non-hydrogen) atoms. The smallest absolute Gasteiger partial charge is 0.274 e. The third-order valence-electron chi connectivity index (χ3n) is 4.57. The Balaban J connectivity index is 1.51. The quantitative estimate of drug-likeness (QED) is 0.781. The van der Waals surface area contributed by atoms with Crippen molar-refractivity contribution in [1.29, 1.82) is 0 Å². The molecular weight excluding hydrogens is 328 g/mol. The van der Waals surface area contributed by atoms with E-state index in [1.54, 1.807) is 12.3 Å². The molecule has 0 bridgehead atoms. The molecule has 2 aromatic heterocycles. The standard InChI is InChI=1S/C19H20N6O/c1-24-7-9-25(10-8-24)18-12-17(21-13-22-18)19(26)23-15-4-5-16-14(11-15)3-2-6-20-16/h2-6,11-13H,7-10H2,1H3,(H,23,26). The number of aromatic nitrogens is 3. The molecule has 1 fully saturated rings. The number of hydrogen-bond acceptors (Lipinski definition) is 6. The highest BCUT2D eigenvalue weighted by Crippen LogP contribution is 2.18. The van der Waals surface area contributed by atoms with Gasteiger partial charge in [-0.25, -0.2) is 9.97 Å². The van der Waals surface area contributed by atoms with Crippen LogP contribution in [-0.4, -0.2) is 59.0 Å². The van der Waals surface area contributed by atoms with Gasteiger partial charge in [-0.05, 0) is 31.3 Å². The highest BCUT2D eigenvalue weighted by Gasteiger charge is 2.17. The Labute approximate surface area is 151 Å². The molecule has 3 heterocycles. The maximum atomic E-state index is 12.6. The molecule has 132 valence electrons. The van der Waals surface area contributed by atoms with E-state index in [0.717, 1.165) is 48.6 Å². The molecule has 0 aliphatic carbocycles. The van der Waals surface area contributed by atoms with Crippen LogP contribution in [0.2, 0.25) is 0 Å². The summed E-state index contributed by atoms with van der Waals surface area (Å²) < 4.78 is 0. The summed E-state index contributed by atoms with van der Waals surface area (Å²) in [5.74, 6) is 0.548. The predicted molar refractivity (Wildman–Crippen MR) is 101 cm³/mol. The van der Waals surface area contributed by atoms with Gasteiger partial charge in [-0.3, -0.25) is 9.78 Å². The van der Waals surface area contributed by atoms with Crippen molar-refractivity contribution in [2.75, 3.05) is 43.4 Å². The van der Waals surface area contributed by atoms with Crippen LogP contribution in [0.1, 0.15) is 10.5 Å². The third kappa shape index (κ3) is 3.48. The number of anilines is 2. The van der Waals surface area contributed by atoms with Crippen LogP contribution in [0, 0.1) is 0 Å². The molecule has 4 rings (SSSR count). The topological polar surface area (TPSA) is 74.2 Å². The second-order valence-electron chi connectivity index (χ2n) is 6.42. The number of carbonyl (C=O) groups excluding carboxylic acids is 1. The van der Waals surface area contributed by atoms with E-state index in [2.05, 4.69) is 37.1 Å². The fourth-order valence-corrected chi connectivity index (χ4v) is 3.03. The third-order valence-corrected chi connectivity index (χ3v) is 4.57. The van der Waals surface area contributed by atoms with Crippen molar-refractivity contribution in [1.82, 2.24) is 19.9 Å². The lowest BCUT2D eigenvalue weighted by atomic mass is 10.2. The van der Waals surface area contributed by atoms with E-state index in [9.17, 15) is 4.79 Å². The van der Waals surface area contributed by atoms with Crippen LogP contribution in [-0.2, 0) is 0 Å². The molecule has 7 heteroatoms. The lowest BCUT2D eigenvalue weighted by Gasteiger charge is -2.33. The maximum Gasteiger partial charge on any atom is 0.274 e. The number of nitrogens with zero attached hydrogens (tertiary/aromatic N) is 5. The molecule has 7 nitrogen and oxygen atoms in total. The van der Waals surface area contributed by atoms with Crippen LogP contribution < -0.4 is 10.2 Å². The van der Waals surface area contributed by atoms with Crippen molar-refractivity contribution in [3.63, 3.8) is 0 Å². The Kier molecular flexibility index (Phi) is 4.45. The van der Waals surface area contributed by atoms with Gasteiger partial charge in [0.2, 0.25) is 0 Å². The average Bonchev–Trinajstić information content (AvgIpc) is 2.68. The number of rotatable bonds is 3. The molecular formula is C19H20N6O. The zero-order chi connectivity index (χ0) is 17.9.